The summed E-state index contributed by atoms with van der Waals surface area (Å²) in [6.07, 6.45) is 15.4. The lowest BCUT2D eigenvalue weighted by molar-refractivity contribution is 0.322. The van der Waals surface area contributed by atoms with E-state index < -0.39 is 0 Å². The molecule has 1 unspecified atom stereocenters. The van der Waals surface area contributed by atoms with Crippen LogP contribution in [0.3, 0.4) is 0 Å². The third kappa shape index (κ3) is 6.09. The van der Waals surface area contributed by atoms with E-state index in [0.29, 0.717) is 5.92 Å². The van der Waals surface area contributed by atoms with Crippen molar-refractivity contribution < 1.29 is 0 Å². The van der Waals surface area contributed by atoms with E-state index in [1.54, 1.807) is 0 Å². The van der Waals surface area contributed by atoms with E-state index >= 15 is 0 Å². The normalized spacial score (nSPS) is 15.6. The van der Waals surface area contributed by atoms with Gasteiger partial charge in [-0.25, -0.2) is 0 Å². The van der Waals surface area contributed by atoms with Crippen LogP contribution in [0.15, 0.2) is 55.0 Å². The van der Waals surface area contributed by atoms with Gasteiger partial charge < -0.3 is 15.6 Å². The number of nitrogens with zero attached hydrogens (tertiary/aromatic N) is 2. The van der Waals surface area contributed by atoms with Crippen molar-refractivity contribution in [2.75, 3.05) is 19.6 Å². The molecule has 168 valence electrons. The molecule has 5 heteroatoms. The molecule has 3 aromatic rings. The molecule has 1 saturated carbocycles. The Morgan fingerprint density at radius 1 is 1.06 bits per heavy atom. The lowest BCUT2D eigenvalue weighted by Crippen LogP contribution is -2.21. The van der Waals surface area contributed by atoms with Crippen LogP contribution >= 0.6 is 12.4 Å². The molecule has 0 aliphatic heterocycles. The second-order valence-electron chi connectivity index (χ2n) is 8.78. The number of rotatable bonds is 10. The Labute approximate surface area is 193 Å². The lowest BCUT2D eigenvalue weighted by Gasteiger charge is -2.22. The molecule has 0 spiro atoms. The molecule has 4 rings (SSSR count). The van der Waals surface area contributed by atoms with Gasteiger partial charge in [-0.3, -0.25) is 4.98 Å². The summed E-state index contributed by atoms with van der Waals surface area (Å²) >= 11 is 0. The van der Waals surface area contributed by atoms with Gasteiger partial charge in [-0.15, -0.1) is 12.4 Å². The van der Waals surface area contributed by atoms with E-state index in [9.17, 15) is 0 Å². The number of pyridine rings is 1. The maximum atomic E-state index is 5.64. The number of nitrogens with one attached hydrogen (secondary N) is 1. The van der Waals surface area contributed by atoms with Crippen molar-refractivity contribution in [1.82, 2.24) is 14.9 Å². The van der Waals surface area contributed by atoms with E-state index in [-0.39, 0.29) is 12.4 Å². The number of hydrogen-bond acceptors (Lipinski definition) is 3. The second kappa shape index (κ2) is 12.2. The van der Waals surface area contributed by atoms with Crippen LogP contribution in [-0.2, 0) is 6.54 Å². The Balaban J connectivity index is 0.00000272. The first-order chi connectivity index (χ1) is 14.9. The summed E-state index contributed by atoms with van der Waals surface area (Å²) in [6, 6.07) is 13.2. The van der Waals surface area contributed by atoms with Crippen LogP contribution in [0.1, 0.15) is 62.0 Å². The van der Waals surface area contributed by atoms with Crippen molar-refractivity contribution in [3.8, 4) is 0 Å². The fraction of sp³-hybridized carbons (Fsp3) is 0.500. The predicted molar refractivity (Wildman–Crippen MR) is 133 cm³/mol. The highest BCUT2D eigenvalue weighted by atomic mass is 35.5. The minimum Gasteiger partial charge on any atom is -0.347 e. The number of para-hydroxylation sites is 1. The summed E-state index contributed by atoms with van der Waals surface area (Å²) in [5, 5.41) is 4.96. The van der Waals surface area contributed by atoms with E-state index in [2.05, 4.69) is 57.5 Å². The molecule has 1 aromatic carbocycles. The molecule has 3 N–H and O–H groups in total. The van der Waals surface area contributed by atoms with Gasteiger partial charge in [0.1, 0.15) is 0 Å². The molecule has 1 aliphatic carbocycles. The summed E-state index contributed by atoms with van der Waals surface area (Å²) in [6.45, 7) is 3.87. The Hall–Kier alpha value is -1.88. The van der Waals surface area contributed by atoms with Gasteiger partial charge in [0.15, 0.2) is 0 Å². The molecule has 2 heterocycles. The van der Waals surface area contributed by atoms with Crippen LogP contribution in [-0.4, -0.2) is 29.2 Å². The van der Waals surface area contributed by atoms with Gasteiger partial charge in [0.25, 0.3) is 0 Å². The van der Waals surface area contributed by atoms with Crippen molar-refractivity contribution in [2.24, 2.45) is 11.7 Å². The Morgan fingerprint density at radius 3 is 2.68 bits per heavy atom. The number of nitrogens with two attached hydrogens (primary N) is 1. The van der Waals surface area contributed by atoms with Crippen LogP contribution in [0.5, 0.6) is 0 Å². The number of benzene rings is 1. The van der Waals surface area contributed by atoms with Crippen LogP contribution in [0.4, 0.5) is 0 Å². The largest absolute Gasteiger partial charge is 0.347 e. The van der Waals surface area contributed by atoms with Crippen LogP contribution < -0.4 is 11.1 Å². The number of aromatic nitrogens is 2. The highest BCUT2D eigenvalue weighted by Crippen LogP contribution is 2.35. The van der Waals surface area contributed by atoms with E-state index in [1.165, 1.54) is 54.1 Å². The summed E-state index contributed by atoms with van der Waals surface area (Å²) in [5.74, 6) is 1.17. The molecule has 0 radical (unpaired) electrons. The summed E-state index contributed by atoms with van der Waals surface area (Å²) in [4.78, 5) is 4.43. The molecule has 1 atom stereocenters. The molecule has 1 aliphatic rings. The van der Waals surface area contributed by atoms with Crippen molar-refractivity contribution in [2.45, 2.75) is 57.4 Å². The molecule has 2 aromatic heterocycles. The van der Waals surface area contributed by atoms with Gasteiger partial charge in [0, 0.05) is 42.0 Å². The Bertz CT molecular complexity index is 902. The fourth-order valence-corrected chi connectivity index (χ4v) is 5.03. The third-order valence-corrected chi connectivity index (χ3v) is 6.63. The number of fused-ring (bicyclic) bond motifs is 1. The topological polar surface area (TPSA) is 55.9 Å². The minimum absolute atomic E-state index is 0. The monoisotopic (exact) mass is 440 g/mol. The lowest BCUT2D eigenvalue weighted by atomic mass is 9.89. The molecule has 0 bridgehead atoms. The van der Waals surface area contributed by atoms with Gasteiger partial charge in [0.2, 0.25) is 0 Å². The average Bonchev–Trinajstić information content (AvgIpc) is 3.16. The van der Waals surface area contributed by atoms with Crippen molar-refractivity contribution in [1.29, 1.82) is 0 Å². The smallest absolute Gasteiger partial charge is 0.0483 e. The zero-order valence-corrected chi connectivity index (χ0v) is 19.3. The van der Waals surface area contributed by atoms with Gasteiger partial charge in [-0.05, 0) is 74.5 Å². The van der Waals surface area contributed by atoms with Crippen molar-refractivity contribution in [3.05, 3.63) is 66.1 Å². The van der Waals surface area contributed by atoms with Crippen molar-refractivity contribution in [3.63, 3.8) is 0 Å². The molecule has 0 saturated heterocycles. The third-order valence-electron chi connectivity index (χ3n) is 6.63. The fourth-order valence-electron chi connectivity index (χ4n) is 5.03. The van der Waals surface area contributed by atoms with E-state index in [4.69, 9.17) is 5.73 Å². The van der Waals surface area contributed by atoms with Gasteiger partial charge in [-0.2, -0.15) is 0 Å². The zero-order valence-electron chi connectivity index (χ0n) is 18.5. The van der Waals surface area contributed by atoms with E-state index in [1.807, 2.05) is 12.4 Å². The minimum atomic E-state index is 0. The highest BCUT2D eigenvalue weighted by molar-refractivity contribution is 5.85. The maximum absolute atomic E-state index is 5.64. The van der Waals surface area contributed by atoms with Crippen LogP contribution in [0.2, 0.25) is 0 Å². The molecular formula is C26H37ClN4. The summed E-state index contributed by atoms with van der Waals surface area (Å²) in [5.41, 5.74) is 9.77. The first kappa shape index (κ1) is 23.8. The molecule has 1 fully saturated rings. The second-order valence-corrected chi connectivity index (χ2v) is 8.78. The molecule has 0 amide bonds. The van der Waals surface area contributed by atoms with Gasteiger partial charge in [-0.1, -0.05) is 43.5 Å². The SMILES string of the molecule is Cl.NCCCNCCC(c1cccnc1)c1cn(CC2CCCCC2)c2ccccc12. The van der Waals surface area contributed by atoms with Crippen LogP contribution in [0.25, 0.3) is 10.9 Å². The molecular weight excluding hydrogens is 404 g/mol. The summed E-state index contributed by atoms with van der Waals surface area (Å²) < 4.78 is 2.53. The Kier molecular flexibility index (Phi) is 9.38. The van der Waals surface area contributed by atoms with E-state index in [0.717, 1.165) is 44.9 Å². The molecule has 4 nitrogen and oxygen atoms in total. The summed E-state index contributed by atoms with van der Waals surface area (Å²) in [7, 11) is 0. The number of halogens is 1. The zero-order chi connectivity index (χ0) is 20.6. The molecule has 31 heavy (non-hydrogen) atoms. The quantitative estimate of drug-likeness (QED) is 0.409. The van der Waals surface area contributed by atoms with Crippen molar-refractivity contribution >= 4 is 23.3 Å². The standard InChI is InChI=1S/C26H36N4.ClH/c27-14-7-16-28-17-13-23(22-10-6-15-29-18-22)25-20-30(19-21-8-2-1-3-9-21)26-12-5-4-11-24(25)26;/h4-6,10-12,15,18,20-21,23,28H,1-3,7-9,13-14,16-17,19,27H2;1H. The highest BCUT2D eigenvalue weighted by Gasteiger charge is 2.21. The first-order valence-corrected chi connectivity index (χ1v) is 11.8. The Morgan fingerprint density at radius 2 is 1.90 bits per heavy atom. The maximum Gasteiger partial charge on any atom is 0.0483 e. The first-order valence-electron chi connectivity index (χ1n) is 11.8. The predicted octanol–water partition coefficient (Wildman–Crippen LogP) is 5.50. The van der Waals surface area contributed by atoms with Gasteiger partial charge in [0.05, 0.1) is 0 Å². The van der Waals surface area contributed by atoms with Gasteiger partial charge >= 0.3 is 0 Å². The number of hydrogen-bond donors (Lipinski definition) is 2. The van der Waals surface area contributed by atoms with Crippen LogP contribution in [0, 0.1) is 5.92 Å². The average molecular weight is 441 g/mol.